The molecule has 0 radical (unpaired) electrons. The fourth-order valence-corrected chi connectivity index (χ4v) is 3.64. The second-order valence-electron chi connectivity index (χ2n) is 6.90. The number of aryl methyl sites for hydroxylation is 1. The van der Waals surface area contributed by atoms with Crippen molar-refractivity contribution in [2.24, 2.45) is 0 Å². The Morgan fingerprint density at radius 2 is 1.96 bits per heavy atom. The quantitative estimate of drug-likeness (QED) is 0.717. The van der Waals surface area contributed by atoms with E-state index in [1.165, 1.54) is 35.2 Å². The first-order chi connectivity index (χ1) is 12.2. The largest absolute Gasteiger partial charge is 0.371 e. The van der Waals surface area contributed by atoms with Gasteiger partial charge in [0.2, 0.25) is 0 Å². The molecule has 0 atom stereocenters. The first-order valence-corrected chi connectivity index (χ1v) is 8.97. The van der Waals surface area contributed by atoms with Crippen LogP contribution in [0.5, 0.6) is 0 Å². The summed E-state index contributed by atoms with van der Waals surface area (Å²) in [6, 6.07) is 13.0. The molecule has 0 N–H and O–H groups in total. The standard InChI is InChI=1S/C21H24N4/c1-16-12-21(25-10-3-4-11-25)19-8-7-18(13-20(19)23-16)24(2)15-17-6-5-9-22-14-17/h5-9,12-14H,3-4,10-11,15H2,1-2H3. The first kappa shape index (κ1) is 15.9. The smallest absolute Gasteiger partial charge is 0.0746 e. The predicted molar refractivity (Wildman–Crippen MR) is 104 cm³/mol. The number of hydrogen-bond donors (Lipinski definition) is 0. The zero-order chi connectivity index (χ0) is 17.2. The van der Waals surface area contributed by atoms with Crippen LogP contribution < -0.4 is 9.80 Å². The van der Waals surface area contributed by atoms with E-state index in [9.17, 15) is 0 Å². The summed E-state index contributed by atoms with van der Waals surface area (Å²) in [6.07, 6.45) is 6.31. The minimum atomic E-state index is 0.837. The first-order valence-electron chi connectivity index (χ1n) is 8.97. The van der Waals surface area contributed by atoms with Crippen LogP contribution in [0.2, 0.25) is 0 Å². The average molecular weight is 332 g/mol. The Balaban J connectivity index is 1.68. The summed E-state index contributed by atoms with van der Waals surface area (Å²) >= 11 is 0. The van der Waals surface area contributed by atoms with E-state index >= 15 is 0 Å². The van der Waals surface area contributed by atoms with Crippen LogP contribution in [0.4, 0.5) is 11.4 Å². The van der Waals surface area contributed by atoms with Gasteiger partial charge in [-0.25, -0.2) is 0 Å². The molecule has 1 aromatic carbocycles. The van der Waals surface area contributed by atoms with Crippen LogP contribution in [0.3, 0.4) is 0 Å². The van der Waals surface area contributed by atoms with Gasteiger partial charge in [-0.3, -0.25) is 9.97 Å². The number of nitrogens with zero attached hydrogens (tertiary/aromatic N) is 4. The summed E-state index contributed by atoms with van der Waals surface area (Å²) in [5.41, 5.74) is 5.89. The summed E-state index contributed by atoms with van der Waals surface area (Å²) in [6.45, 7) is 5.23. The molecule has 4 heteroatoms. The van der Waals surface area contributed by atoms with Gasteiger partial charge in [-0.05, 0) is 55.7 Å². The van der Waals surface area contributed by atoms with E-state index in [-0.39, 0.29) is 0 Å². The Hall–Kier alpha value is -2.62. The Bertz CT molecular complexity index is 870. The van der Waals surface area contributed by atoms with Gasteiger partial charge < -0.3 is 9.80 Å². The van der Waals surface area contributed by atoms with E-state index in [1.54, 1.807) is 0 Å². The highest BCUT2D eigenvalue weighted by Gasteiger charge is 2.16. The van der Waals surface area contributed by atoms with Crippen molar-refractivity contribution in [1.82, 2.24) is 9.97 Å². The van der Waals surface area contributed by atoms with E-state index in [1.807, 2.05) is 18.5 Å². The molecule has 3 aromatic rings. The number of fused-ring (bicyclic) bond motifs is 1. The second-order valence-corrected chi connectivity index (χ2v) is 6.90. The Kier molecular flexibility index (Phi) is 4.26. The number of anilines is 2. The molecule has 0 bridgehead atoms. The molecule has 4 rings (SSSR count). The topological polar surface area (TPSA) is 32.3 Å². The van der Waals surface area contributed by atoms with Gasteiger partial charge in [-0.15, -0.1) is 0 Å². The lowest BCUT2D eigenvalue weighted by atomic mass is 10.1. The highest BCUT2D eigenvalue weighted by Crippen LogP contribution is 2.31. The molecule has 0 saturated carbocycles. The number of hydrogen-bond acceptors (Lipinski definition) is 4. The lowest BCUT2D eigenvalue weighted by Crippen LogP contribution is -2.19. The molecule has 3 heterocycles. The van der Waals surface area contributed by atoms with Gasteiger partial charge in [0, 0.05) is 61.5 Å². The van der Waals surface area contributed by atoms with E-state index in [2.05, 4.69) is 59.1 Å². The van der Waals surface area contributed by atoms with E-state index in [4.69, 9.17) is 4.98 Å². The molecule has 0 unspecified atom stereocenters. The van der Waals surface area contributed by atoms with Gasteiger partial charge in [-0.2, -0.15) is 0 Å². The van der Waals surface area contributed by atoms with Crippen LogP contribution in [0.1, 0.15) is 24.1 Å². The lowest BCUT2D eigenvalue weighted by Gasteiger charge is -2.23. The van der Waals surface area contributed by atoms with Crippen LogP contribution in [-0.4, -0.2) is 30.1 Å². The van der Waals surface area contributed by atoms with Crippen molar-refractivity contribution in [1.29, 1.82) is 0 Å². The van der Waals surface area contributed by atoms with E-state index in [0.717, 1.165) is 30.8 Å². The van der Waals surface area contributed by atoms with E-state index in [0.29, 0.717) is 0 Å². The van der Waals surface area contributed by atoms with Gasteiger partial charge in [0.1, 0.15) is 0 Å². The van der Waals surface area contributed by atoms with Crippen molar-refractivity contribution in [2.75, 3.05) is 29.9 Å². The Morgan fingerprint density at radius 3 is 2.72 bits per heavy atom. The highest BCUT2D eigenvalue weighted by atomic mass is 15.1. The fourth-order valence-electron chi connectivity index (χ4n) is 3.64. The van der Waals surface area contributed by atoms with E-state index < -0.39 is 0 Å². The summed E-state index contributed by atoms with van der Waals surface area (Å²) in [4.78, 5) is 13.7. The van der Waals surface area contributed by atoms with Crippen LogP contribution >= 0.6 is 0 Å². The SMILES string of the molecule is Cc1cc(N2CCCC2)c2ccc(N(C)Cc3cccnc3)cc2n1. The third-order valence-corrected chi connectivity index (χ3v) is 4.93. The van der Waals surface area contributed by atoms with Crippen LogP contribution in [0.15, 0.2) is 48.8 Å². The molecule has 0 aliphatic carbocycles. The summed E-state index contributed by atoms with van der Waals surface area (Å²) in [5.74, 6) is 0. The van der Waals surface area contributed by atoms with Crippen LogP contribution in [0.25, 0.3) is 10.9 Å². The molecule has 1 aliphatic rings. The third-order valence-electron chi connectivity index (χ3n) is 4.93. The van der Waals surface area contributed by atoms with Crippen molar-refractivity contribution >= 4 is 22.3 Å². The lowest BCUT2D eigenvalue weighted by molar-refractivity contribution is 0.916. The molecule has 128 valence electrons. The molecule has 1 fully saturated rings. The van der Waals surface area contributed by atoms with Crippen LogP contribution in [0, 0.1) is 6.92 Å². The Morgan fingerprint density at radius 1 is 1.12 bits per heavy atom. The zero-order valence-electron chi connectivity index (χ0n) is 14.9. The number of benzene rings is 1. The summed E-state index contributed by atoms with van der Waals surface area (Å²) < 4.78 is 0. The van der Waals surface area contributed by atoms with Crippen molar-refractivity contribution in [2.45, 2.75) is 26.3 Å². The number of aromatic nitrogens is 2. The maximum atomic E-state index is 4.79. The van der Waals surface area contributed by atoms with Gasteiger partial charge >= 0.3 is 0 Å². The molecule has 4 nitrogen and oxygen atoms in total. The maximum absolute atomic E-state index is 4.79. The molecule has 25 heavy (non-hydrogen) atoms. The minimum absolute atomic E-state index is 0.837. The van der Waals surface area contributed by atoms with Gasteiger partial charge in [-0.1, -0.05) is 6.07 Å². The Labute approximate surface area is 149 Å². The molecule has 0 amide bonds. The fraction of sp³-hybridized carbons (Fsp3) is 0.333. The molecule has 1 saturated heterocycles. The summed E-state index contributed by atoms with van der Waals surface area (Å²) in [5, 5.41) is 1.26. The van der Waals surface area contributed by atoms with Crippen molar-refractivity contribution in [3.8, 4) is 0 Å². The van der Waals surface area contributed by atoms with Gasteiger partial charge in [0.05, 0.1) is 5.52 Å². The van der Waals surface area contributed by atoms with Crippen molar-refractivity contribution in [3.63, 3.8) is 0 Å². The molecule has 1 aliphatic heterocycles. The van der Waals surface area contributed by atoms with Crippen molar-refractivity contribution in [3.05, 3.63) is 60.0 Å². The summed E-state index contributed by atoms with van der Waals surface area (Å²) in [7, 11) is 2.12. The molecule has 0 spiro atoms. The predicted octanol–water partition coefficient (Wildman–Crippen LogP) is 4.17. The molecular formula is C21H24N4. The highest BCUT2D eigenvalue weighted by molar-refractivity contribution is 5.94. The van der Waals surface area contributed by atoms with Crippen LogP contribution in [-0.2, 0) is 6.54 Å². The second kappa shape index (κ2) is 6.71. The van der Waals surface area contributed by atoms with Gasteiger partial charge in [0.25, 0.3) is 0 Å². The molecule has 2 aromatic heterocycles. The zero-order valence-corrected chi connectivity index (χ0v) is 14.9. The number of pyridine rings is 2. The maximum Gasteiger partial charge on any atom is 0.0746 e. The van der Waals surface area contributed by atoms with Gasteiger partial charge in [0.15, 0.2) is 0 Å². The normalized spacial score (nSPS) is 14.2. The average Bonchev–Trinajstić information content (AvgIpc) is 3.15. The molecular weight excluding hydrogens is 308 g/mol. The monoisotopic (exact) mass is 332 g/mol. The third kappa shape index (κ3) is 3.29. The van der Waals surface area contributed by atoms with Crippen molar-refractivity contribution < 1.29 is 0 Å². The minimum Gasteiger partial charge on any atom is -0.371 e. The number of rotatable bonds is 4.